The molecule has 19 heavy (non-hydrogen) atoms. The van der Waals surface area contributed by atoms with Crippen LogP contribution in [0.25, 0.3) is 0 Å². The van der Waals surface area contributed by atoms with Crippen LogP contribution in [0.3, 0.4) is 0 Å². The van der Waals surface area contributed by atoms with Crippen molar-refractivity contribution in [2.45, 2.75) is 33.7 Å². The van der Waals surface area contributed by atoms with Crippen molar-refractivity contribution in [1.82, 2.24) is 10.1 Å². The number of rotatable bonds is 6. The Balaban J connectivity index is 2.86. The van der Waals surface area contributed by atoms with Gasteiger partial charge in [-0.3, -0.25) is 4.79 Å². The molecule has 6 nitrogen and oxygen atoms in total. The van der Waals surface area contributed by atoms with Gasteiger partial charge in [0.15, 0.2) is 9.84 Å². The second-order valence-electron chi connectivity index (χ2n) is 4.47. The van der Waals surface area contributed by atoms with E-state index in [1.807, 2.05) is 0 Å². The van der Waals surface area contributed by atoms with Crippen LogP contribution in [0, 0.1) is 6.92 Å². The molecule has 0 saturated heterocycles. The first-order valence-corrected chi connectivity index (χ1v) is 8.07. The average molecular weight is 288 g/mol. The highest BCUT2D eigenvalue weighted by molar-refractivity contribution is 7.91. The lowest BCUT2D eigenvalue weighted by molar-refractivity contribution is 0.0676. The van der Waals surface area contributed by atoms with Gasteiger partial charge in [0.05, 0.1) is 11.4 Å². The molecule has 0 N–H and O–H groups in total. The second kappa shape index (κ2) is 6.18. The Morgan fingerprint density at radius 1 is 1.47 bits per heavy atom. The molecule has 0 spiro atoms. The second-order valence-corrected chi connectivity index (χ2v) is 6.87. The van der Waals surface area contributed by atoms with Crippen molar-refractivity contribution in [2.75, 3.05) is 18.1 Å². The fourth-order valence-electron chi connectivity index (χ4n) is 1.84. The molecule has 1 heterocycles. The van der Waals surface area contributed by atoms with E-state index in [4.69, 9.17) is 4.52 Å². The minimum Gasteiger partial charge on any atom is -0.351 e. The highest BCUT2D eigenvalue weighted by atomic mass is 32.2. The Hall–Kier alpha value is -1.37. The molecule has 0 aliphatic carbocycles. The molecule has 1 amide bonds. The van der Waals surface area contributed by atoms with E-state index < -0.39 is 15.9 Å². The van der Waals surface area contributed by atoms with Gasteiger partial charge in [-0.15, -0.1) is 0 Å². The first-order chi connectivity index (χ1) is 8.80. The quantitative estimate of drug-likeness (QED) is 0.787. The third kappa shape index (κ3) is 4.05. The zero-order chi connectivity index (χ0) is 14.6. The Kier molecular flexibility index (Phi) is 5.11. The smallest absolute Gasteiger partial charge is 0.292 e. The number of nitrogens with zero attached hydrogens (tertiary/aromatic N) is 2. The van der Waals surface area contributed by atoms with Crippen LogP contribution in [0.5, 0.6) is 0 Å². The van der Waals surface area contributed by atoms with Crippen molar-refractivity contribution < 1.29 is 17.7 Å². The SMILES string of the molecule is CCN(C(=O)c1cc(C)no1)C(C)CS(=O)(=O)CC. The largest absolute Gasteiger partial charge is 0.351 e. The maximum Gasteiger partial charge on any atom is 0.292 e. The van der Waals surface area contributed by atoms with E-state index in [2.05, 4.69) is 5.16 Å². The Morgan fingerprint density at radius 2 is 2.11 bits per heavy atom. The average Bonchev–Trinajstić information content (AvgIpc) is 2.76. The summed E-state index contributed by atoms with van der Waals surface area (Å²) in [6.07, 6.45) is 0. The van der Waals surface area contributed by atoms with Gasteiger partial charge in [-0.2, -0.15) is 0 Å². The van der Waals surface area contributed by atoms with E-state index in [-0.39, 0.29) is 23.2 Å². The molecular weight excluding hydrogens is 268 g/mol. The van der Waals surface area contributed by atoms with Crippen LogP contribution in [0.2, 0.25) is 0 Å². The topological polar surface area (TPSA) is 80.5 Å². The first-order valence-electron chi connectivity index (χ1n) is 6.25. The molecule has 108 valence electrons. The van der Waals surface area contributed by atoms with E-state index >= 15 is 0 Å². The first kappa shape index (κ1) is 15.7. The van der Waals surface area contributed by atoms with Crippen molar-refractivity contribution in [3.8, 4) is 0 Å². The summed E-state index contributed by atoms with van der Waals surface area (Å²) in [5.41, 5.74) is 0.619. The minimum absolute atomic E-state index is 0.0454. The van der Waals surface area contributed by atoms with Crippen molar-refractivity contribution in [1.29, 1.82) is 0 Å². The van der Waals surface area contributed by atoms with Gasteiger partial charge in [0, 0.05) is 24.4 Å². The highest BCUT2D eigenvalue weighted by Gasteiger charge is 2.26. The summed E-state index contributed by atoms with van der Waals surface area (Å²) in [6.45, 7) is 7.26. The Morgan fingerprint density at radius 3 is 2.53 bits per heavy atom. The third-order valence-electron chi connectivity index (χ3n) is 2.91. The van der Waals surface area contributed by atoms with Gasteiger partial charge >= 0.3 is 0 Å². The zero-order valence-corrected chi connectivity index (χ0v) is 12.5. The summed E-state index contributed by atoms with van der Waals surface area (Å²) < 4.78 is 28.2. The third-order valence-corrected chi connectivity index (χ3v) is 4.78. The molecule has 1 unspecified atom stereocenters. The number of aromatic nitrogens is 1. The number of sulfone groups is 1. The van der Waals surface area contributed by atoms with E-state index in [0.29, 0.717) is 12.2 Å². The van der Waals surface area contributed by atoms with Crippen LogP contribution in [-0.2, 0) is 9.84 Å². The number of aryl methyl sites for hydroxylation is 1. The number of carbonyl (C=O) groups excluding carboxylic acids is 1. The molecule has 0 bridgehead atoms. The standard InChI is InChI=1S/C12H20N2O4S/c1-5-14(10(4)8-19(16,17)6-2)12(15)11-7-9(3)13-18-11/h7,10H,5-6,8H2,1-4H3. The van der Waals surface area contributed by atoms with Gasteiger partial charge in [-0.25, -0.2) is 8.42 Å². The molecule has 0 aromatic carbocycles. The summed E-state index contributed by atoms with van der Waals surface area (Å²) in [4.78, 5) is 13.7. The fraction of sp³-hybridized carbons (Fsp3) is 0.667. The van der Waals surface area contributed by atoms with Crippen LogP contribution in [0.1, 0.15) is 37.0 Å². The van der Waals surface area contributed by atoms with Crippen LogP contribution >= 0.6 is 0 Å². The summed E-state index contributed by atoms with van der Waals surface area (Å²) in [6, 6.07) is 1.15. The zero-order valence-electron chi connectivity index (χ0n) is 11.7. The van der Waals surface area contributed by atoms with Crippen LogP contribution in [0.15, 0.2) is 10.6 Å². The van der Waals surface area contributed by atoms with Crippen molar-refractivity contribution >= 4 is 15.7 Å². The fourth-order valence-corrected chi connectivity index (χ4v) is 2.99. The van der Waals surface area contributed by atoms with Crippen LogP contribution < -0.4 is 0 Å². The molecule has 0 saturated carbocycles. The molecule has 1 aromatic rings. The molecule has 1 rings (SSSR count). The van der Waals surface area contributed by atoms with E-state index in [1.54, 1.807) is 33.8 Å². The summed E-state index contributed by atoms with van der Waals surface area (Å²) in [5, 5.41) is 3.66. The maximum atomic E-state index is 12.2. The molecule has 0 fully saturated rings. The summed E-state index contributed by atoms with van der Waals surface area (Å²) in [7, 11) is -3.12. The maximum absolute atomic E-state index is 12.2. The molecule has 1 atom stereocenters. The lowest BCUT2D eigenvalue weighted by Gasteiger charge is -2.26. The lowest BCUT2D eigenvalue weighted by Crippen LogP contribution is -2.42. The minimum atomic E-state index is -3.12. The van der Waals surface area contributed by atoms with Gasteiger partial charge in [0.2, 0.25) is 5.76 Å². The number of hydrogen-bond acceptors (Lipinski definition) is 5. The molecule has 1 aromatic heterocycles. The predicted molar refractivity (Wildman–Crippen MR) is 71.7 cm³/mol. The lowest BCUT2D eigenvalue weighted by atomic mass is 10.2. The van der Waals surface area contributed by atoms with Gasteiger partial charge < -0.3 is 9.42 Å². The Bertz CT molecular complexity index is 536. The molecule has 0 radical (unpaired) electrons. The van der Waals surface area contributed by atoms with Gasteiger partial charge in [-0.05, 0) is 20.8 Å². The molecular formula is C12H20N2O4S. The van der Waals surface area contributed by atoms with Crippen molar-refractivity contribution in [2.24, 2.45) is 0 Å². The highest BCUT2D eigenvalue weighted by Crippen LogP contribution is 2.11. The van der Waals surface area contributed by atoms with Gasteiger partial charge in [0.1, 0.15) is 0 Å². The normalized spacial score (nSPS) is 13.3. The van der Waals surface area contributed by atoms with Crippen molar-refractivity contribution in [3.63, 3.8) is 0 Å². The van der Waals surface area contributed by atoms with E-state index in [9.17, 15) is 13.2 Å². The predicted octanol–water partition coefficient (Wildman–Crippen LogP) is 1.27. The Labute approximate surface area is 113 Å². The van der Waals surface area contributed by atoms with Crippen LogP contribution in [0.4, 0.5) is 0 Å². The number of carbonyl (C=O) groups is 1. The summed E-state index contributed by atoms with van der Waals surface area (Å²) >= 11 is 0. The monoisotopic (exact) mass is 288 g/mol. The van der Waals surface area contributed by atoms with Crippen molar-refractivity contribution in [3.05, 3.63) is 17.5 Å². The van der Waals surface area contributed by atoms with Gasteiger partial charge in [0.25, 0.3) is 5.91 Å². The van der Waals surface area contributed by atoms with E-state index in [0.717, 1.165) is 0 Å². The van der Waals surface area contributed by atoms with Gasteiger partial charge in [-0.1, -0.05) is 12.1 Å². The van der Waals surface area contributed by atoms with Crippen LogP contribution in [-0.4, -0.2) is 48.5 Å². The van der Waals surface area contributed by atoms with E-state index in [1.165, 1.54) is 4.90 Å². The number of amides is 1. The molecule has 7 heteroatoms. The molecule has 0 aliphatic heterocycles. The molecule has 0 aliphatic rings. The number of hydrogen-bond donors (Lipinski definition) is 0. The summed E-state index contributed by atoms with van der Waals surface area (Å²) in [5.74, 6) is -0.164.